The molecule has 1 amide bonds. The third-order valence-corrected chi connectivity index (χ3v) is 2.94. The molecule has 1 aromatic heterocycles. The van der Waals surface area contributed by atoms with Crippen LogP contribution >= 0.6 is 0 Å². The molecule has 2 rings (SSSR count). The number of furan rings is 1. The topological polar surface area (TPSA) is 68.3 Å². The summed E-state index contributed by atoms with van der Waals surface area (Å²) in [5.74, 6) is 0.857. The largest absolute Gasteiger partial charge is 0.469 e. The summed E-state index contributed by atoms with van der Waals surface area (Å²) in [6, 6.07) is 3.74. The van der Waals surface area contributed by atoms with Crippen LogP contribution in [0.15, 0.2) is 22.8 Å². The second kappa shape index (κ2) is 4.06. The quantitative estimate of drug-likeness (QED) is 0.769. The fraction of sp³-hybridized carbons (Fsp3) is 0.545. The maximum absolute atomic E-state index is 11.6. The van der Waals surface area contributed by atoms with Crippen molar-refractivity contribution in [2.45, 2.75) is 31.2 Å². The predicted octanol–water partition coefficient (Wildman–Crippen LogP) is 0.820. The average Bonchev–Trinajstić information content (AvgIpc) is 2.66. The van der Waals surface area contributed by atoms with E-state index in [9.17, 15) is 4.79 Å². The van der Waals surface area contributed by atoms with E-state index < -0.39 is 5.54 Å². The molecule has 4 heteroatoms. The van der Waals surface area contributed by atoms with E-state index in [1.54, 1.807) is 6.26 Å². The van der Waals surface area contributed by atoms with E-state index in [1.165, 1.54) is 0 Å². The lowest BCUT2D eigenvalue weighted by Crippen LogP contribution is -2.58. The third kappa shape index (κ3) is 2.21. The van der Waals surface area contributed by atoms with Gasteiger partial charge in [-0.15, -0.1) is 0 Å². The lowest BCUT2D eigenvalue weighted by atomic mass is 9.77. The van der Waals surface area contributed by atoms with Crippen molar-refractivity contribution in [2.24, 2.45) is 5.73 Å². The van der Waals surface area contributed by atoms with Crippen molar-refractivity contribution in [3.05, 3.63) is 24.2 Å². The molecule has 1 saturated carbocycles. The van der Waals surface area contributed by atoms with Crippen LogP contribution in [0, 0.1) is 0 Å². The van der Waals surface area contributed by atoms with Crippen molar-refractivity contribution in [1.29, 1.82) is 0 Å². The van der Waals surface area contributed by atoms with Gasteiger partial charge in [-0.05, 0) is 31.4 Å². The zero-order valence-corrected chi connectivity index (χ0v) is 8.66. The van der Waals surface area contributed by atoms with E-state index in [1.807, 2.05) is 12.1 Å². The van der Waals surface area contributed by atoms with E-state index in [0.717, 1.165) is 31.4 Å². The number of amides is 1. The summed E-state index contributed by atoms with van der Waals surface area (Å²) in [5.41, 5.74) is 5.28. The van der Waals surface area contributed by atoms with E-state index in [2.05, 4.69) is 5.32 Å². The van der Waals surface area contributed by atoms with Crippen LogP contribution in [0.25, 0.3) is 0 Å². The molecule has 1 aromatic rings. The highest BCUT2D eigenvalue weighted by atomic mass is 16.3. The highest BCUT2D eigenvalue weighted by Gasteiger charge is 2.39. The molecule has 0 aliphatic heterocycles. The summed E-state index contributed by atoms with van der Waals surface area (Å²) in [6.07, 6.45) is 5.02. The summed E-state index contributed by atoms with van der Waals surface area (Å²) >= 11 is 0. The molecule has 0 unspecified atom stereocenters. The van der Waals surface area contributed by atoms with E-state index in [0.29, 0.717) is 6.54 Å². The van der Waals surface area contributed by atoms with Crippen molar-refractivity contribution in [3.63, 3.8) is 0 Å². The number of hydrogen-bond donors (Lipinski definition) is 2. The second-order valence-electron chi connectivity index (χ2n) is 4.09. The Labute approximate surface area is 88.8 Å². The summed E-state index contributed by atoms with van der Waals surface area (Å²) in [6.45, 7) is 0.589. The molecule has 82 valence electrons. The number of carbonyl (C=O) groups excluding carboxylic acids is 1. The van der Waals surface area contributed by atoms with Crippen molar-refractivity contribution >= 4 is 5.91 Å². The van der Waals surface area contributed by atoms with Gasteiger partial charge in [0, 0.05) is 13.0 Å². The van der Waals surface area contributed by atoms with Crippen molar-refractivity contribution in [1.82, 2.24) is 5.32 Å². The minimum absolute atomic E-state index is 0.0275. The smallest absolute Gasteiger partial charge is 0.240 e. The molecule has 0 saturated heterocycles. The molecule has 1 heterocycles. The van der Waals surface area contributed by atoms with E-state index in [4.69, 9.17) is 10.2 Å². The first-order valence-electron chi connectivity index (χ1n) is 5.30. The molecule has 0 atom stereocenters. The molecule has 1 fully saturated rings. The Bertz CT molecular complexity index is 328. The first kappa shape index (κ1) is 10.2. The van der Waals surface area contributed by atoms with E-state index >= 15 is 0 Å². The lowest BCUT2D eigenvalue weighted by Gasteiger charge is -2.36. The minimum Gasteiger partial charge on any atom is -0.469 e. The van der Waals surface area contributed by atoms with Crippen LogP contribution in [0.5, 0.6) is 0 Å². The highest BCUT2D eigenvalue weighted by molar-refractivity contribution is 5.86. The zero-order valence-electron chi connectivity index (χ0n) is 8.66. The minimum atomic E-state index is -0.594. The molecule has 0 aromatic carbocycles. The van der Waals surface area contributed by atoms with Gasteiger partial charge in [-0.2, -0.15) is 0 Å². The average molecular weight is 208 g/mol. The van der Waals surface area contributed by atoms with Gasteiger partial charge in [0.25, 0.3) is 0 Å². The summed E-state index contributed by atoms with van der Waals surface area (Å²) < 4.78 is 5.16. The van der Waals surface area contributed by atoms with Crippen LogP contribution in [0.2, 0.25) is 0 Å². The van der Waals surface area contributed by atoms with Gasteiger partial charge in [-0.1, -0.05) is 0 Å². The SMILES string of the molecule is NC1(C(=O)NCCc2ccco2)CCC1. The summed E-state index contributed by atoms with van der Waals surface area (Å²) in [4.78, 5) is 11.6. The first-order valence-corrected chi connectivity index (χ1v) is 5.30. The number of nitrogens with two attached hydrogens (primary N) is 1. The molecular formula is C11H16N2O2. The number of carbonyl (C=O) groups is 1. The van der Waals surface area contributed by atoms with Gasteiger partial charge in [0.15, 0.2) is 0 Å². The maximum Gasteiger partial charge on any atom is 0.240 e. The molecular weight excluding hydrogens is 192 g/mol. The highest BCUT2D eigenvalue weighted by Crippen LogP contribution is 2.28. The number of rotatable bonds is 4. The standard InChI is InChI=1S/C11H16N2O2/c12-11(5-2-6-11)10(14)13-7-4-9-3-1-8-15-9/h1,3,8H,2,4-7,12H2,(H,13,14). The lowest BCUT2D eigenvalue weighted by molar-refractivity contribution is -0.129. The molecule has 15 heavy (non-hydrogen) atoms. The van der Waals surface area contributed by atoms with Gasteiger partial charge >= 0.3 is 0 Å². The van der Waals surface area contributed by atoms with Crippen LogP contribution in [0.4, 0.5) is 0 Å². The molecule has 1 aliphatic carbocycles. The number of nitrogens with one attached hydrogen (secondary N) is 1. The van der Waals surface area contributed by atoms with Crippen molar-refractivity contribution < 1.29 is 9.21 Å². The Morgan fingerprint density at radius 1 is 1.60 bits per heavy atom. The first-order chi connectivity index (χ1) is 7.21. The monoisotopic (exact) mass is 208 g/mol. The Morgan fingerprint density at radius 3 is 2.93 bits per heavy atom. The molecule has 0 radical (unpaired) electrons. The summed E-state index contributed by atoms with van der Waals surface area (Å²) in [5, 5.41) is 2.84. The molecule has 3 N–H and O–H groups in total. The summed E-state index contributed by atoms with van der Waals surface area (Å²) in [7, 11) is 0. The second-order valence-corrected chi connectivity index (χ2v) is 4.09. The van der Waals surface area contributed by atoms with Gasteiger partial charge in [-0.3, -0.25) is 4.79 Å². The Kier molecular flexibility index (Phi) is 2.77. The van der Waals surface area contributed by atoms with Gasteiger partial charge < -0.3 is 15.5 Å². The zero-order chi connectivity index (χ0) is 10.7. The van der Waals surface area contributed by atoms with Crippen LogP contribution in [-0.4, -0.2) is 18.0 Å². The fourth-order valence-electron chi connectivity index (χ4n) is 1.71. The van der Waals surface area contributed by atoms with Gasteiger partial charge in [0.2, 0.25) is 5.91 Å². The van der Waals surface area contributed by atoms with Crippen LogP contribution < -0.4 is 11.1 Å². The van der Waals surface area contributed by atoms with Crippen LogP contribution in [0.3, 0.4) is 0 Å². The normalized spacial score (nSPS) is 18.2. The Balaban J connectivity index is 1.72. The molecule has 0 bridgehead atoms. The van der Waals surface area contributed by atoms with Crippen molar-refractivity contribution in [2.75, 3.05) is 6.54 Å². The fourth-order valence-corrected chi connectivity index (χ4v) is 1.71. The van der Waals surface area contributed by atoms with Gasteiger partial charge in [0.1, 0.15) is 5.76 Å². The predicted molar refractivity (Wildman–Crippen MR) is 56.2 cm³/mol. The maximum atomic E-state index is 11.6. The molecule has 4 nitrogen and oxygen atoms in total. The Morgan fingerprint density at radius 2 is 2.40 bits per heavy atom. The third-order valence-electron chi connectivity index (χ3n) is 2.94. The molecule has 0 spiro atoms. The van der Waals surface area contributed by atoms with Crippen LogP contribution in [-0.2, 0) is 11.2 Å². The molecule has 1 aliphatic rings. The number of hydrogen-bond acceptors (Lipinski definition) is 3. The van der Waals surface area contributed by atoms with Gasteiger partial charge in [0.05, 0.1) is 11.8 Å². The van der Waals surface area contributed by atoms with Crippen LogP contribution in [0.1, 0.15) is 25.0 Å². The Hall–Kier alpha value is -1.29. The van der Waals surface area contributed by atoms with E-state index in [-0.39, 0.29) is 5.91 Å². The van der Waals surface area contributed by atoms with Gasteiger partial charge in [-0.25, -0.2) is 0 Å². The van der Waals surface area contributed by atoms with Crippen molar-refractivity contribution in [3.8, 4) is 0 Å².